The van der Waals surface area contributed by atoms with Gasteiger partial charge in [-0.2, -0.15) is 24.7 Å². The molecule has 0 aromatic carbocycles. The molecule has 2 N–H and O–H groups in total. The molecule has 0 amide bonds. The molecule has 2 rings (SSSR count). The van der Waals surface area contributed by atoms with Crippen molar-refractivity contribution in [3.05, 3.63) is 12.7 Å². The van der Waals surface area contributed by atoms with Gasteiger partial charge in [0.2, 0.25) is 11.9 Å². The smallest absolute Gasteiger partial charge is 0.258 e. The second-order valence-electron chi connectivity index (χ2n) is 4.26. The summed E-state index contributed by atoms with van der Waals surface area (Å²) >= 11 is 0. The third-order valence-corrected chi connectivity index (χ3v) is 2.69. The molecular weight excluding hydrogens is 244 g/mol. The molecule has 8 nitrogen and oxygen atoms in total. The lowest BCUT2D eigenvalue weighted by Gasteiger charge is -2.17. The Labute approximate surface area is 111 Å². The topological polar surface area (TPSA) is 98.6 Å². The van der Waals surface area contributed by atoms with Crippen molar-refractivity contribution in [3.8, 4) is 5.95 Å². The van der Waals surface area contributed by atoms with Gasteiger partial charge in [0.15, 0.2) is 0 Å². The Hall–Kier alpha value is -2.25. The highest BCUT2D eigenvalue weighted by atomic mass is 15.4. The van der Waals surface area contributed by atoms with Crippen LogP contribution in [-0.2, 0) is 0 Å². The summed E-state index contributed by atoms with van der Waals surface area (Å²) in [5.74, 6) is 1.11. The van der Waals surface area contributed by atoms with E-state index in [1.165, 1.54) is 30.2 Å². The predicted octanol–water partition coefficient (Wildman–Crippen LogP) is 0.661. The molecule has 0 aliphatic heterocycles. The van der Waals surface area contributed by atoms with Crippen LogP contribution in [0.25, 0.3) is 5.95 Å². The van der Waals surface area contributed by atoms with Gasteiger partial charge in [-0.15, -0.1) is 0 Å². The van der Waals surface area contributed by atoms with Crippen molar-refractivity contribution < 1.29 is 0 Å². The predicted molar refractivity (Wildman–Crippen MR) is 72.0 cm³/mol. The first-order valence-corrected chi connectivity index (χ1v) is 6.28. The van der Waals surface area contributed by atoms with E-state index < -0.39 is 0 Å². The second-order valence-corrected chi connectivity index (χ2v) is 4.26. The zero-order valence-electron chi connectivity index (χ0n) is 11.2. The molecule has 2 heterocycles. The monoisotopic (exact) mass is 262 g/mol. The molecule has 0 unspecified atom stereocenters. The maximum absolute atomic E-state index is 5.71. The molecule has 0 aliphatic carbocycles. The second kappa shape index (κ2) is 6.07. The summed E-state index contributed by atoms with van der Waals surface area (Å²) < 4.78 is 1.46. The maximum atomic E-state index is 5.71. The lowest BCUT2D eigenvalue weighted by Crippen LogP contribution is -2.23. The molecule has 19 heavy (non-hydrogen) atoms. The van der Waals surface area contributed by atoms with Gasteiger partial charge in [0.05, 0.1) is 0 Å². The van der Waals surface area contributed by atoms with Crippen molar-refractivity contribution in [2.45, 2.75) is 26.2 Å². The fraction of sp³-hybridized carbons (Fsp3) is 0.545. The summed E-state index contributed by atoms with van der Waals surface area (Å²) in [5, 5.41) is 3.98. The summed E-state index contributed by atoms with van der Waals surface area (Å²) in [5.41, 5.74) is 5.71. The number of unbranched alkanes of at least 4 members (excludes halogenated alkanes) is 2. The Balaban J connectivity index is 2.17. The molecule has 0 fully saturated rings. The molecule has 0 spiro atoms. The van der Waals surface area contributed by atoms with Crippen molar-refractivity contribution in [3.63, 3.8) is 0 Å². The lowest BCUT2D eigenvalue weighted by atomic mass is 10.2. The molecule has 102 valence electrons. The Morgan fingerprint density at radius 3 is 2.79 bits per heavy atom. The third-order valence-electron chi connectivity index (χ3n) is 2.69. The number of nitrogen functional groups attached to an aromatic ring is 1. The zero-order valence-corrected chi connectivity index (χ0v) is 11.2. The van der Waals surface area contributed by atoms with Gasteiger partial charge in [-0.3, -0.25) is 0 Å². The Morgan fingerprint density at radius 2 is 2.11 bits per heavy atom. The van der Waals surface area contributed by atoms with Gasteiger partial charge >= 0.3 is 0 Å². The summed E-state index contributed by atoms with van der Waals surface area (Å²) in [6, 6.07) is 0. The molecule has 0 atom stereocenters. The third kappa shape index (κ3) is 3.36. The molecule has 8 heteroatoms. The first kappa shape index (κ1) is 13.2. The first-order valence-electron chi connectivity index (χ1n) is 6.28. The van der Waals surface area contributed by atoms with Gasteiger partial charge in [-0.1, -0.05) is 19.8 Å². The van der Waals surface area contributed by atoms with Gasteiger partial charge in [0.1, 0.15) is 12.7 Å². The summed E-state index contributed by atoms with van der Waals surface area (Å²) in [7, 11) is 1.94. The quantitative estimate of drug-likeness (QED) is 0.763. The molecule has 2 aromatic rings. The highest BCUT2D eigenvalue weighted by Gasteiger charge is 2.10. The Bertz CT molecular complexity index is 509. The van der Waals surface area contributed by atoms with Gasteiger partial charge in [-0.25, -0.2) is 4.98 Å². The summed E-state index contributed by atoms with van der Waals surface area (Å²) in [6.45, 7) is 3.05. The van der Waals surface area contributed by atoms with E-state index in [-0.39, 0.29) is 5.95 Å². The minimum absolute atomic E-state index is 0.179. The van der Waals surface area contributed by atoms with Crippen LogP contribution in [0.5, 0.6) is 0 Å². The number of anilines is 2. The molecule has 0 saturated heterocycles. The molecule has 0 aliphatic rings. The van der Waals surface area contributed by atoms with Crippen molar-refractivity contribution in [2.24, 2.45) is 0 Å². The Morgan fingerprint density at radius 1 is 1.26 bits per heavy atom. The average Bonchev–Trinajstić information content (AvgIpc) is 2.92. The molecule has 2 aromatic heterocycles. The van der Waals surface area contributed by atoms with Gasteiger partial charge in [-0.05, 0) is 6.42 Å². The van der Waals surface area contributed by atoms with Gasteiger partial charge in [0.25, 0.3) is 5.95 Å². The van der Waals surface area contributed by atoms with Crippen LogP contribution in [0.15, 0.2) is 12.7 Å². The molecular formula is C11H18N8. The molecule has 0 bridgehead atoms. The van der Waals surface area contributed by atoms with E-state index in [9.17, 15) is 0 Å². The standard InChI is InChI=1S/C11H18N8/c1-3-4-5-6-18(2)10-15-9(12)16-11(17-10)19-8-13-7-14-19/h7-8H,3-6H2,1-2H3,(H2,12,15,16,17). The van der Waals surface area contributed by atoms with Crippen molar-refractivity contribution in [1.82, 2.24) is 29.7 Å². The van der Waals surface area contributed by atoms with Gasteiger partial charge < -0.3 is 10.6 Å². The van der Waals surface area contributed by atoms with E-state index in [4.69, 9.17) is 5.73 Å². The van der Waals surface area contributed by atoms with Crippen LogP contribution in [0.1, 0.15) is 26.2 Å². The fourth-order valence-electron chi connectivity index (χ4n) is 1.65. The first-order chi connectivity index (χ1) is 9.20. The van der Waals surface area contributed by atoms with E-state index in [2.05, 4.69) is 32.0 Å². The maximum Gasteiger partial charge on any atom is 0.258 e. The van der Waals surface area contributed by atoms with E-state index in [0.717, 1.165) is 13.0 Å². The Kier molecular flexibility index (Phi) is 4.22. The van der Waals surface area contributed by atoms with E-state index in [0.29, 0.717) is 11.9 Å². The SMILES string of the molecule is CCCCCN(C)c1nc(N)nc(-n2cncn2)n1. The average molecular weight is 262 g/mol. The van der Waals surface area contributed by atoms with Crippen LogP contribution >= 0.6 is 0 Å². The fourth-order valence-corrected chi connectivity index (χ4v) is 1.65. The number of hydrogen-bond acceptors (Lipinski definition) is 7. The number of aromatic nitrogens is 6. The van der Waals surface area contributed by atoms with Gasteiger partial charge in [0, 0.05) is 13.6 Å². The van der Waals surface area contributed by atoms with E-state index in [1.54, 1.807) is 0 Å². The van der Waals surface area contributed by atoms with Crippen molar-refractivity contribution in [2.75, 3.05) is 24.2 Å². The van der Waals surface area contributed by atoms with Crippen LogP contribution in [0.3, 0.4) is 0 Å². The summed E-state index contributed by atoms with van der Waals surface area (Å²) in [4.78, 5) is 18.4. The molecule has 0 radical (unpaired) electrons. The largest absolute Gasteiger partial charge is 0.368 e. The van der Waals surface area contributed by atoms with E-state index in [1.807, 2.05) is 11.9 Å². The van der Waals surface area contributed by atoms with Crippen LogP contribution < -0.4 is 10.6 Å². The van der Waals surface area contributed by atoms with Crippen LogP contribution in [-0.4, -0.2) is 43.3 Å². The van der Waals surface area contributed by atoms with Crippen LogP contribution in [0, 0.1) is 0 Å². The normalized spacial score (nSPS) is 10.6. The number of rotatable bonds is 6. The van der Waals surface area contributed by atoms with Crippen LogP contribution in [0.4, 0.5) is 11.9 Å². The van der Waals surface area contributed by atoms with Crippen LogP contribution in [0.2, 0.25) is 0 Å². The lowest BCUT2D eigenvalue weighted by molar-refractivity contribution is 0.691. The zero-order chi connectivity index (χ0) is 13.7. The van der Waals surface area contributed by atoms with Crippen molar-refractivity contribution >= 4 is 11.9 Å². The highest BCUT2D eigenvalue weighted by Crippen LogP contribution is 2.10. The minimum Gasteiger partial charge on any atom is -0.368 e. The highest BCUT2D eigenvalue weighted by molar-refractivity contribution is 5.36. The van der Waals surface area contributed by atoms with Crippen molar-refractivity contribution in [1.29, 1.82) is 0 Å². The summed E-state index contributed by atoms with van der Waals surface area (Å²) in [6.07, 6.45) is 6.40. The van der Waals surface area contributed by atoms with E-state index >= 15 is 0 Å². The number of hydrogen-bond donors (Lipinski definition) is 1. The number of nitrogens with zero attached hydrogens (tertiary/aromatic N) is 7. The minimum atomic E-state index is 0.179. The number of nitrogens with two attached hydrogens (primary N) is 1. The molecule has 0 saturated carbocycles.